The number of nitrogens with two attached hydrogens (primary N) is 1. The second kappa shape index (κ2) is 4.69. The largest absolute Gasteiger partial charge is 0.318 e. The molecule has 1 aromatic rings. The summed E-state index contributed by atoms with van der Waals surface area (Å²) in [5.74, 6) is 5.19. The molecule has 1 unspecified atom stereocenters. The molecule has 20 heavy (non-hydrogen) atoms. The molecule has 0 heterocycles. The molecular formula is C11H16N4O4S. The van der Waals surface area contributed by atoms with Gasteiger partial charge in [0.2, 0.25) is 10.0 Å². The third-order valence-corrected chi connectivity index (χ3v) is 4.94. The number of hydrazine groups is 1. The van der Waals surface area contributed by atoms with E-state index in [1.807, 2.05) is 13.8 Å². The molecule has 0 saturated heterocycles. The summed E-state index contributed by atoms with van der Waals surface area (Å²) in [6.45, 7) is 3.85. The van der Waals surface area contributed by atoms with Gasteiger partial charge in [-0.3, -0.25) is 16.0 Å². The first-order valence-corrected chi connectivity index (χ1v) is 7.44. The van der Waals surface area contributed by atoms with Crippen LogP contribution in [0.25, 0.3) is 0 Å². The summed E-state index contributed by atoms with van der Waals surface area (Å²) < 4.78 is 27.0. The Kier molecular flexibility index (Phi) is 3.44. The van der Waals surface area contributed by atoms with E-state index in [9.17, 15) is 18.5 Å². The Balaban J connectivity index is 2.44. The van der Waals surface area contributed by atoms with E-state index < -0.39 is 20.6 Å². The number of nitro groups is 1. The summed E-state index contributed by atoms with van der Waals surface area (Å²) in [6, 6.07) is 3.73. The summed E-state index contributed by atoms with van der Waals surface area (Å²) in [4.78, 5) is 9.94. The van der Waals surface area contributed by atoms with Crippen LogP contribution in [0.3, 0.4) is 0 Å². The quantitative estimate of drug-likeness (QED) is 0.422. The van der Waals surface area contributed by atoms with Gasteiger partial charge >= 0.3 is 5.69 Å². The molecule has 2 rings (SSSR count). The SMILES string of the molecule is CC1(C)CC1NS(=O)(=O)c1cccc(NN)c1[N+](=O)[O-]. The van der Waals surface area contributed by atoms with Crippen LogP contribution in [-0.2, 0) is 10.0 Å². The van der Waals surface area contributed by atoms with Gasteiger partial charge in [-0.1, -0.05) is 19.9 Å². The predicted molar refractivity (Wildman–Crippen MR) is 73.4 cm³/mol. The zero-order valence-electron chi connectivity index (χ0n) is 11.1. The first-order valence-electron chi connectivity index (χ1n) is 5.95. The van der Waals surface area contributed by atoms with Crippen molar-refractivity contribution in [2.45, 2.75) is 31.2 Å². The normalized spacial score (nSPS) is 20.4. The lowest BCUT2D eigenvalue weighted by Crippen LogP contribution is -2.29. The molecule has 8 nitrogen and oxygen atoms in total. The first-order chi connectivity index (χ1) is 9.19. The maximum Gasteiger partial charge on any atom is 0.313 e. The van der Waals surface area contributed by atoms with Gasteiger partial charge in [0.25, 0.3) is 0 Å². The average Bonchev–Trinajstić information content (AvgIpc) is 2.94. The van der Waals surface area contributed by atoms with Crippen LogP contribution in [0.1, 0.15) is 20.3 Å². The lowest BCUT2D eigenvalue weighted by Gasteiger charge is -2.10. The van der Waals surface area contributed by atoms with Crippen molar-refractivity contribution in [3.63, 3.8) is 0 Å². The van der Waals surface area contributed by atoms with Crippen LogP contribution >= 0.6 is 0 Å². The molecule has 110 valence electrons. The Morgan fingerprint density at radius 1 is 1.45 bits per heavy atom. The molecule has 0 bridgehead atoms. The average molecular weight is 300 g/mol. The minimum atomic E-state index is -3.96. The van der Waals surface area contributed by atoms with Gasteiger partial charge in [0, 0.05) is 6.04 Å². The molecule has 1 saturated carbocycles. The smallest absolute Gasteiger partial charge is 0.313 e. The molecule has 0 aliphatic heterocycles. The summed E-state index contributed by atoms with van der Waals surface area (Å²) >= 11 is 0. The van der Waals surface area contributed by atoms with Crippen LogP contribution in [0.4, 0.5) is 11.4 Å². The van der Waals surface area contributed by atoms with Crippen molar-refractivity contribution in [1.29, 1.82) is 0 Å². The molecular weight excluding hydrogens is 284 g/mol. The molecule has 1 aliphatic carbocycles. The van der Waals surface area contributed by atoms with Crippen molar-refractivity contribution in [3.05, 3.63) is 28.3 Å². The predicted octanol–water partition coefficient (Wildman–Crippen LogP) is 0.957. The topological polar surface area (TPSA) is 127 Å². The lowest BCUT2D eigenvalue weighted by molar-refractivity contribution is -0.386. The lowest BCUT2D eigenvalue weighted by atomic mass is 10.2. The van der Waals surface area contributed by atoms with Crippen molar-refractivity contribution in [2.24, 2.45) is 11.3 Å². The van der Waals surface area contributed by atoms with Crippen LogP contribution in [0.5, 0.6) is 0 Å². The number of nitrogens with zero attached hydrogens (tertiary/aromatic N) is 1. The molecule has 0 amide bonds. The number of nitrogen functional groups attached to an aromatic ring is 1. The van der Waals surface area contributed by atoms with E-state index in [2.05, 4.69) is 10.1 Å². The van der Waals surface area contributed by atoms with Crippen molar-refractivity contribution in [1.82, 2.24) is 4.72 Å². The van der Waals surface area contributed by atoms with E-state index in [1.165, 1.54) is 18.2 Å². The van der Waals surface area contributed by atoms with Gasteiger partial charge in [-0.25, -0.2) is 13.1 Å². The van der Waals surface area contributed by atoms with Gasteiger partial charge in [0.1, 0.15) is 5.69 Å². The Labute approximate surface area is 116 Å². The standard InChI is InChI=1S/C11H16N4O4S/c1-11(2)6-9(11)14-20(18,19)8-5-3-4-7(13-12)10(8)15(16)17/h3-5,9,13-14H,6,12H2,1-2H3. The highest BCUT2D eigenvalue weighted by atomic mass is 32.2. The fourth-order valence-corrected chi connectivity index (χ4v) is 3.56. The number of hydrogen-bond acceptors (Lipinski definition) is 6. The molecule has 0 radical (unpaired) electrons. The maximum atomic E-state index is 12.3. The fourth-order valence-electron chi connectivity index (χ4n) is 1.96. The summed E-state index contributed by atoms with van der Waals surface area (Å²) in [6.07, 6.45) is 0.703. The summed E-state index contributed by atoms with van der Waals surface area (Å²) in [5.41, 5.74) is 1.42. The van der Waals surface area contributed by atoms with Gasteiger partial charge in [-0.05, 0) is 24.0 Å². The van der Waals surface area contributed by atoms with Gasteiger partial charge in [0.05, 0.1) is 4.92 Å². The Bertz CT molecular complexity index is 656. The minimum absolute atomic E-state index is 0.0482. The van der Waals surface area contributed by atoms with Crippen LogP contribution in [0.2, 0.25) is 0 Å². The highest BCUT2D eigenvalue weighted by Crippen LogP contribution is 2.45. The number of sulfonamides is 1. The third-order valence-electron chi connectivity index (χ3n) is 3.44. The Hall–Kier alpha value is -1.71. The van der Waals surface area contributed by atoms with Crippen LogP contribution in [-0.4, -0.2) is 19.4 Å². The summed E-state index contributed by atoms with van der Waals surface area (Å²) in [7, 11) is -3.96. The number of rotatable bonds is 5. The van der Waals surface area contributed by atoms with Gasteiger partial charge in [0.15, 0.2) is 4.90 Å². The molecule has 9 heteroatoms. The Morgan fingerprint density at radius 2 is 2.05 bits per heavy atom. The number of hydrogen-bond donors (Lipinski definition) is 3. The van der Waals surface area contributed by atoms with E-state index >= 15 is 0 Å². The van der Waals surface area contributed by atoms with Crippen LogP contribution in [0.15, 0.2) is 23.1 Å². The highest BCUT2D eigenvalue weighted by Gasteiger charge is 2.48. The first kappa shape index (κ1) is 14.7. The summed E-state index contributed by atoms with van der Waals surface area (Å²) in [5, 5.41) is 11.1. The van der Waals surface area contributed by atoms with Crippen molar-refractivity contribution in [3.8, 4) is 0 Å². The van der Waals surface area contributed by atoms with Gasteiger partial charge in [-0.2, -0.15) is 0 Å². The van der Waals surface area contributed by atoms with Crippen molar-refractivity contribution in [2.75, 3.05) is 5.43 Å². The van der Waals surface area contributed by atoms with E-state index in [4.69, 9.17) is 5.84 Å². The minimum Gasteiger partial charge on any atom is -0.318 e. The fraction of sp³-hybridized carbons (Fsp3) is 0.455. The highest BCUT2D eigenvalue weighted by molar-refractivity contribution is 7.89. The maximum absolute atomic E-state index is 12.3. The molecule has 1 aromatic carbocycles. The van der Waals surface area contributed by atoms with E-state index in [0.29, 0.717) is 6.42 Å². The van der Waals surface area contributed by atoms with Gasteiger partial charge in [-0.15, -0.1) is 0 Å². The van der Waals surface area contributed by atoms with Gasteiger partial charge < -0.3 is 5.43 Å². The number of benzene rings is 1. The van der Waals surface area contributed by atoms with E-state index in [1.54, 1.807) is 0 Å². The second-order valence-corrected chi connectivity index (χ2v) is 7.10. The van der Waals surface area contributed by atoms with Crippen LogP contribution in [0, 0.1) is 15.5 Å². The second-order valence-electron chi connectivity index (χ2n) is 5.42. The number of anilines is 1. The molecule has 0 aromatic heterocycles. The van der Waals surface area contributed by atoms with Crippen molar-refractivity contribution >= 4 is 21.4 Å². The van der Waals surface area contributed by atoms with E-state index in [0.717, 1.165) is 0 Å². The molecule has 4 N–H and O–H groups in total. The van der Waals surface area contributed by atoms with Crippen LogP contribution < -0.4 is 16.0 Å². The molecule has 1 fully saturated rings. The zero-order valence-corrected chi connectivity index (χ0v) is 11.9. The van der Waals surface area contributed by atoms with E-state index in [-0.39, 0.29) is 22.0 Å². The molecule has 1 aliphatic rings. The number of nitrogens with one attached hydrogen (secondary N) is 2. The van der Waals surface area contributed by atoms with Crippen molar-refractivity contribution < 1.29 is 13.3 Å². The zero-order chi connectivity index (χ0) is 15.1. The third kappa shape index (κ3) is 2.60. The number of nitro benzene ring substituents is 1. The molecule has 1 atom stereocenters. The monoisotopic (exact) mass is 300 g/mol. The molecule has 0 spiro atoms. The Morgan fingerprint density at radius 3 is 2.50 bits per heavy atom. The number of para-hydroxylation sites is 1.